The summed E-state index contributed by atoms with van der Waals surface area (Å²) in [5, 5.41) is 15.4. The third-order valence-electron chi connectivity index (χ3n) is 2.96. The minimum atomic E-state index is 0.171. The van der Waals surface area contributed by atoms with Crippen LogP contribution in [0.4, 0.5) is 11.6 Å². The van der Waals surface area contributed by atoms with Crippen LogP contribution in [0.15, 0.2) is 36.4 Å². The van der Waals surface area contributed by atoms with Gasteiger partial charge in [-0.15, -0.1) is 0 Å². The molecular weight excluding hydrogens is 264 g/mol. The second kappa shape index (κ2) is 8.21. The van der Waals surface area contributed by atoms with E-state index in [9.17, 15) is 0 Å². The van der Waals surface area contributed by atoms with Gasteiger partial charge in [0.1, 0.15) is 11.6 Å². The number of rotatable bonds is 8. The summed E-state index contributed by atoms with van der Waals surface area (Å²) < 4.78 is 0. The molecule has 0 aliphatic carbocycles. The van der Waals surface area contributed by atoms with Crippen molar-refractivity contribution in [2.24, 2.45) is 0 Å². The van der Waals surface area contributed by atoms with Gasteiger partial charge in [-0.05, 0) is 12.8 Å². The summed E-state index contributed by atoms with van der Waals surface area (Å²) in [5.41, 5.74) is 0.989. The number of hydrogen-bond acceptors (Lipinski definition) is 5. The van der Waals surface area contributed by atoms with E-state index in [2.05, 4.69) is 27.5 Å². The number of hydrogen-bond donors (Lipinski definition) is 3. The summed E-state index contributed by atoms with van der Waals surface area (Å²) in [6.07, 6.45) is 1.74. The van der Waals surface area contributed by atoms with E-state index in [0.29, 0.717) is 18.8 Å². The summed E-state index contributed by atoms with van der Waals surface area (Å²) in [6, 6.07) is 11.8. The first-order valence-electron chi connectivity index (χ1n) is 7.36. The Morgan fingerprint density at radius 1 is 1.00 bits per heavy atom. The van der Waals surface area contributed by atoms with Gasteiger partial charge in [-0.3, -0.25) is 0 Å². The summed E-state index contributed by atoms with van der Waals surface area (Å²) in [5.74, 6) is 2.29. The van der Waals surface area contributed by atoms with Gasteiger partial charge < -0.3 is 15.7 Å². The highest BCUT2D eigenvalue weighted by Crippen LogP contribution is 2.20. The van der Waals surface area contributed by atoms with Crippen LogP contribution in [-0.4, -0.2) is 34.8 Å². The molecule has 1 aromatic carbocycles. The first-order chi connectivity index (χ1) is 10.3. The number of anilines is 2. The molecule has 0 aliphatic rings. The molecule has 3 N–H and O–H groups in total. The SMILES string of the molecule is CCCNc1cc(NCCCO)nc(-c2ccccc2)n1. The van der Waals surface area contributed by atoms with Crippen LogP contribution in [0.3, 0.4) is 0 Å². The van der Waals surface area contributed by atoms with Crippen LogP contribution in [0.5, 0.6) is 0 Å². The largest absolute Gasteiger partial charge is 0.396 e. The third-order valence-corrected chi connectivity index (χ3v) is 2.96. The lowest BCUT2D eigenvalue weighted by atomic mass is 10.2. The van der Waals surface area contributed by atoms with Crippen molar-refractivity contribution in [1.82, 2.24) is 9.97 Å². The Balaban J connectivity index is 2.23. The molecule has 0 spiro atoms. The molecule has 0 amide bonds. The number of aromatic nitrogens is 2. The van der Waals surface area contributed by atoms with Crippen LogP contribution in [0.2, 0.25) is 0 Å². The number of nitrogens with one attached hydrogen (secondary N) is 2. The van der Waals surface area contributed by atoms with Gasteiger partial charge in [-0.1, -0.05) is 37.3 Å². The van der Waals surface area contributed by atoms with Crippen molar-refractivity contribution >= 4 is 11.6 Å². The van der Waals surface area contributed by atoms with Gasteiger partial charge in [0.05, 0.1) is 0 Å². The zero-order chi connectivity index (χ0) is 14.9. The predicted molar refractivity (Wildman–Crippen MR) is 86.4 cm³/mol. The molecule has 0 atom stereocenters. The third kappa shape index (κ3) is 4.72. The van der Waals surface area contributed by atoms with Crippen LogP contribution in [0.1, 0.15) is 19.8 Å². The van der Waals surface area contributed by atoms with E-state index in [1.807, 2.05) is 36.4 Å². The average Bonchev–Trinajstić information content (AvgIpc) is 2.54. The van der Waals surface area contributed by atoms with Crippen molar-refractivity contribution in [3.8, 4) is 11.4 Å². The second-order valence-electron chi connectivity index (χ2n) is 4.76. The zero-order valence-corrected chi connectivity index (χ0v) is 12.3. The van der Waals surface area contributed by atoms with Gasteiger partial charge in [0.25, 0.3) is 0 Å². The van der Waals surface area contributed by atoms with Gasteiger partial charge in [-0.25, -0.2) is 9.97 Å². The lowest BCUT2D eigenvalue weighted by Gasteiger charge is -2.11. The normalized spacial score (nSPS) is 10.4. The molecule has 5 nitrogen and oxygen atoms in total. The van der Waals surface area contributed by atoms with E-state index in [-0.39, 0.29) is 6.61 Å². The first-order valence-corrected chi connectivity index (χ1v) is 7.36. The minimum absolute atomic E-state index is 0.171. The molecule has 2 aromatic rings. The Morgan fingerprint density at radius 3 is 2.29 bits per heavy atom. The topological polar surface area (TPSA) is 70.1 Å². The van der Waals surface area contributed by atoms with E-state index < -0.39 is 0 Å². The van der Waals surface area contributed by atoms with Gasteiger partial charge in [-0.2, -0.15) is 0 Å². The molecular formula is C16H22N4O. The van der Waals surface area contributed by atoms with Crippen molar-refractivity contribution in [3.05, 3.63) is 36.4 Å². The molecule has 112 valence electrons. The molecule has 0 radical (unpaired) electrons. The lowest BCUT2D eigenvalue weighted by molar-refractivity contribution is 0.292. The number of nitrogens with zero attached hydrogens (tertiary/aromatic N) is 2. The van der Waals surface area contributed by atoms with E-state index in [4.69, 9.17) is 5.11 Å². The molecule has 0 bridgehead atoms. The van der Waals surface area contributed by atoms with Gasteiger partial charge >= 0.3 is 0 Å². The summed E-state index contributed by atoms with van der Waals surface area (Å²) in [6.45, 7) is 3.85. The molecule has 0 aliphatic heterocycles. The molecule has 2 rings (SSSR count). The highest BCUT2D eigenvalue weighted by molar-refractivity contribution is 5.61. The standard InChI is InChI=1S/C16H22N4O/c1-2-9-17-14-12-15(18-10-6-11-21)20-16(19-14)13-7-4-3-5-8-13/h3-5,7-8,12,21H,2,6,9-11H2,1H3,(H2,17,18,19,20). The maximum absolute atomic E-state index is 8.86. The number of aliphatic hydroxyl groups is 1. The molecule has 0 unspecified atom stereocenters. The maximum atomic E-state index is 8.86. The van der Waals surface area contributed by atoms with Crippen LogP contribution in [0, 0.1) is 0 Å². The molecule has 0 saturated heterocycles. The minimum Gasteiger partial charge on any atom is -0.396 e. The predicted octanol–water partition coefficient (Wildman–Crippen LogP) is 2.76. The Bertz CT molecular complexity index is 545. The van der Waals surface area contributed by atoms with Crippen LogP contribution < -0.4 is 10.6 Å². The quantitative estimate of drug-likeness (QED) is 0.651. The van der Waals surface area contributed by atoms with Crippen molar-refractivity contribution in [1.29, 1.82) is 0 Å². The van der Waals surface area contributed by atoms with Crippen LogP contribution in [0.25, 0.3) is 11.4 Å². The average molecular weight is 286 g/mol. The van der Waals surface area contributed by atoms with Crippen LogP contribution in [-0.2, 0) is 0 Å². The van der Waals surface area contributed by atoms with Crippen molar-refractivity contribution in [2.45, 2.75) is 19.8 Å². The van der Waals surface area contributed by atoms with E-state index in [1.165, 1.54) is 0 Å². The van der Waals surface area contributed by atoms with Crippen LogP contribution >= 0.6 is 0 Å². The summed E-state index contributed by atoms with van der Waals surface area (Å²) in [4.78, 5) is 9.10. The number of aliphatic hydroxyl groups excluding tert-OH is 1. The van der Waals surface area contributed by atoms with Crippen molar-refractivity contribution in [3.63, 3.8) is 0 Å². The Labute approximate surface area is 125 Å². The molecule has 1 heterocycles. The molecule has 5 heteroatoms. The van der Waals surface area contributed by atoms with Crippen molar-refractivity contribution < 1.29 is 5.11 Å². The molecule has 0 saturated carbocycles. The molecule has 21 heavy (non-hydrogen) atoms. The Hall–Kier alpha value is -2.14. The fourth-order valence-electron chi connectivity index (χ4n) is 1.89. The zero-order valence-electron chi connectivity index (χ0n) is 12.3. The molecule has 0 fully saturated rings. The monoisotopic (exact) mass is 286 g/mol. The Morgan fingerprint density at radius 2 is 1.67 bits per heavy atom. The summed E-state index contributed by atoms with van der Waals surface area (Å²) in [7, 11) is 0. The summed E-state index contributed by atoms with van der Waals surface area (Å²) >= 11 is 0. The van der Waals surface area contributed by atoms with Gasteiger partial charge in [0.2, 0.25) is 0 Å². The van der Waals surface area contributed by atoms with Gasteiger partial charge in [0.15, 0.2) is 5.82 Å². The van der Waals surface area contributed by atoms with E-state index in [1.54, 1.807) is 0 Å². The molecule has 1 aromatic heterocycles. The van der Waals surface area contributed by atoms with Gasteiger partial charge in [0, 0.05) is 31.3 Å². The van der Waals surface area contributed by atoms with E-state index in [0.717, 1.165) is 30.2 Å². The maximum Gasteiger partial charge on any atom is 0.163 e. The van der Waals surface area contributed by atoms with E-state index >= 15 is 0 Å². The number of benzene rings is 1. The van der Waals surface area contributed by atoms with Crippen molar-refractivity contribution in [2.75, 3.05) is 30.3 Å². The fourth-order valence-corrected chi connectivity index (χ4v) is 1.89. The fraction of sp³-hybridized carbons (Fsp3) is 0.375. The lowest BCUT2D eigenvalue weighted by Crippen LogP contribution is -2.09. The highest BCUT2D eigenvalue weighted by Gasteiger charge is 2.06. The smallest absolute Gasteiger partial charge is 0.163 e. The highest BCUT2D eigenvalue weighted by atomic mass is 16.3. The Kier molecular flexibility index (Phi) is 5.97. The first kappa shape index (κ1) is 15.3. The second-order valence-corrected chi connectivity index (χ2v) is 4.76.